The van der Waals surface area contributed by atoms with Crippen molar-refractivity contribution in [2.24, 2.45) is 5.16 Å². The molecule has 0 heterocycles. The Morgan fingerprint density at radius 1 is 1.20 bits per heavy atom. The number of benzene rings is 1. The zero-order valence-electron chi connectivity index (χ0n) is 16.0. The molecule has 0 bridgehead atoms. The molecular formula is C21H29NO3. The Balaban J connectivity index is 2.34. The van der Waals surface area contributed by atoms with Gasteiger partial charge in [0.25, 0.3) is 0 Å². The van der Waals surface area contributed by atoms with Gasteiger partial charge >= 0.3 is 0 Å². The number of nitrogens with zero attached hydrogens (tertiary/aromatic N) is 1. The molecule has 1 atom stereocenters. The first-order chi connectivity index (χ1) is 11.9. The van der Waals surface area contributed by atoms with Crippen LogP contribution >= 0.6 is 0 Å². The molecule has 0 aliphatic heterocycles. The van der Waals surface area contributed by atoms with Crippen LogP contribution in [0.15, 0.2) is 28.6 Å². The SMILES string of the molecule is CCCON=C(CC)C1=C(O)CC(c2c(C)cc(C)cc2C)CC1=O. The third kappa shape index (κ3) is 4.30. The van der Waals surface area contributed by atoms with Crippen molar-refractivity contribution in [3.05, 3.63) is 45.7 Å². The number of aliphatic hydroxyl groups excluding tert-OH is 1. The zero-order chi connectivity index (χ0) is 18.6. The van der Waals surface area contributed by atoms with Crippen LogP contribution < -0.4 is 0 Å². The maximum Gasteiger partial charge on any atom is 0.168 e. The molecule has 0 saturated carbocycles. The Morgan fingerprint density at radius 3 is 2.36 bits per heavy atom. The predicted octanol–water partition coefficient (Wildman–Crippen LogP) is 5.06. The number of hydrogen-bond donors (Lipinski definition) is 1. The third-order valence-electron chi connectivity index (χ3n) is 4.68. The molecule has 1 aromatic rings. The van der Waals surface area contributed by atoms with E-state index in [0.29, 0.717) is 37.2 Å². The molecule has 0 amide bonds. The van der Waals surface area contributed by atoms with Crippen molar-refractivity contribution in [3.8, 4) is 0 Å². The van der Waals surface area contributed by atoms with Gasteiger partial charge in [-0.2, -0.15) is 0 Å². The van der Waals surface area contributed by atoms with Gasteiger partial charge in [0.05, 0.1) is 11.3 Å². The van der Waals surface area contributed by atoms with E-state index in [1.54, 1.807) is 0 Å². The number of rotatable bonds is 6. The summed E-state index contributed by atoms with van der Waals surface area (Å²) in [5.74, 6) is 0.113. The molecule has 0 radical (unpaired) electrons. The van der Waals surface area contributed by atoms with Crippen LogP contribution in [0.3, 0.4) is 0 Å². The van der Waals surface area contributed by atoms with Gasteiger partial charge in [-0.05, 0) is 56.2 Å². The summed E-state index contributed by atoms with van der Waals surface area (Å²) in [5, 5.41) is 14.7. The number of aryl methyl sites for hydroxylation is 3. The highest BCUT2D eigenvalue weighted by molar-refractivity contribution is 6.23. The number of carbonyl (C=O) groups excluding carboxylic acids is 1. The quantitative estimate of drug-likeness (QED) is 0.446. The molecule has 0 saturated heterocycles. The van der Waals surface area contributed by atoms with Gasteiger partial charge in [-0.15, -0.1) is 0 Å². The van der Waals surface area contributed by atoms with Crippen molar-refractivity contribution in [3.63, 3.8) is 0 Å². The molecule has 0 fully saturated rings. The number of oxime groups is 1. The molecule has 2 rings (SSSR count). The maximum atomic E-state index is 12.8. The number of ketones is 1. The minimum absolute atomic E-state index is 0.0199. The van der Waals surface area contributed by atoms with E-state index in [9.17, 15) is 9.90 Å². The molecule has 136 valence electrons. The molecular weight excluding hydrogens is 314 g/mol. The molecule has 4 heteroatoms. The van der Waals surface area contributed by atoms with Gasteiger partial charge in [-0.3, -0.25) is 4.79 Å². The van der Waals surface area contributed by atoms with Crippen molar-refractivity contribution in [1.29, 1.82) is 0 Å². The van der Waals surface area contributed by atoms with Crippen molar-refractivity contribution in [2.45, 2.75) is 66.2 Å². The third-order valence-corrected chi connectivity index (χ3v) is 4.68. The predicted molar refractivity (Wildman–Crippen MR) is 101 cm³/mol. The Morgan fingerprint density at radius 2 is 1.84 bits per heavy atom. The van der Waals surface area contributed by atoms with Gasteiger partial charge in [-0.1, -0.05) is 36.7 Å². The highest BCUT2D eigenvalue weighted by Gasteiger charge is 2.32. The molecule has 0 spiro atoms. The summed E-state index contributed by atoms with van der Waals surface area (Å²) in [6, 6.07) is 4.28. The van der Waals surface area contributed by atoms with Gasteiger partial charge in [-0.25, -0.2) is 0 Å². The second-order valence-corrected chi connectivity index (χ2v) is 6.89. The van der Waals surface area contributed by atoms with Crippen LogP contribution in [0.25, 0.3) is 0 Å². The number of hydrogen-bond acceptors (Lipinski definition) is 4. The van der Waals surface area contributed by atoms with Crippen LogP contribution in [-0.2, 0) is 9.63 Å². The van der Waals surface area contributed by atoms with Gasteiger partial charge in [0.2, 0.25) is 0 Å². The molecule has 0 aromatic heterocycles. The maximum absolute atomic E-state index is 12.8. The van der Waals surface area contributed by atoms with Crippen LogP contribution in [0, 0.1) is 20.8 Å². The van der Waals surface area contributed by atoms with E-state index >= 15 is 0 Å². The molecule has 1 N–H and O–H groups in total. The smallest absolute Gasteiger partial charge is 0.168 e. The first-order valence-corrected chi connectivity index (χ1v) is 9.11. The molecule has 4 nitrogen and oxygen atoms in total. The molecule has 1 aliphatic carbocycles. The van der Waals surface area contributed by atoms with E-state index < -0.39 is 0 Å². The first-order valence-electron chi connectivity index (χ1n) is 9.11. The van der Waals surface area contributed by atoms with Crippen LogP contribution in [0.2, 0.25) is 0 Å². The topological polar surface area (TPSA) is 58.9 Å². The van der Waals surface area contributed by atoms with Crippen molar-refractivity contribution >= 4 is 11.5 Å². The normalized spacial score (nSPS) is 18.7. The Hall–Kier alpha value is -2.10. The standard InChI is InChI=1S/C21H29NO3/c1-6-8-25-22-17(7-2)21-18(23)11-16(12-19(21)24)20-14(4)9-13(3)10-15(20)5/h9-10,16,23H,6-8,11-12H2,1-5H3. The van der Waals surface area contributed by atoms with Gasteiger partial charge < -0.3 is 9.94 Å². The summed E-state index contributed by atoms with van der Waals surface area (Å²) in [5.41, 5.74) is 5.67. The lowest BCUT2D eigenvalue weighted by atomic mass is 9.78. The van der Waals surface area contributed by atoms with E-state index in [2.05, 4.69) is 38.1 Å². The summed E-state index contributed by atoms with van der Waals surface area (Å²) in [7, 11) is 0. The largest absolute Gasteiger partial charge is 0.511 e. The highest BCUT2D eigenvalue weighted by Crippen LogP contribution is 2.37. The number of aliphatic hydroxyl groups is 1. The van der Waals surface area contributed by atoms with E-state index in [0.717, 1.165) is 6.42 Å². The second kappa shape index (κ2) is 8.32. The van der Waals surface area contributed by atoms with Crippen molar-refractivity contribution in [1.82, 2.24) is 0 Å². The Labute approximate surface area is 150 Å². The minimum Gasteiger partial charge on any atom is -0.511 e. The van der Waals surface area contributed by atoms with Gasteiger partial charge in [0.1, 0.15) is 12.4 Å². The van der Waals surface area contributed by atoms with Crippen LogP contribution in [0.1, 0.15) is 67.7 Å². The number of allylic oxidation sites excluding steroid dienone is 2. The molecule has 25 heavy (non-hydrogen) atoms. The average Bonchev–Trinajstić information content (AvgIpc) is 2.51. The second-order valence-electron chi connectivity index (χ2n) is 6.89. The van der Waals surface area contributed by atoms with E-state index in [-0.39, 0.29) is 17.5 Å². The lowest BCUT2D eigenvalue weighted by Gasteiger charge is -2.27. The monoisotopic (exact) mass is 343 g/mol. The molecule has 1 aliphatic rings. The van der Waals surface area contributed by atoms with E-state index in [1.807, 2.05) is 13.8 Å². The van der Waals surface area contributed by atoms with Crippen LogP contribution in [0.5, 0.6) is 0 Å². The lowest BCUT2D eigenvalue weighted by molar-refractivity contribution is -0.116. The van der Waals surface area contributed by atoms with Crippen molar-refractivity contribution in [2.75, 3.05) is 6.61 Å². The summed E-state index contributed by atoms with van der Waals surface area (Å²) in [6.45, 7) is 10.7. The number of carbonyl (C=O) groups is 1. The summed E-state index contributed by atoms with van der Waals surface area (Å²) < 4.78 is 0. The van der Waals surface area contributed by atoms with Crippen LogP contribution in [0.4, 0.5) is 0 Å². The van der Waals surface area contributed by atoms with Gasteiger partial charge in [0.15, 0.2) is 5.78 Å². The zero-order valence-corrected chi connectivity index (χ0v) is 16.0. The van der Waals surface area contributed by atoms with E-state index in [1.165, 1.54) is 22.3 Å². The summed E-state index contributed by atoms with van der Waals surface area (Å²) in [4.78, 5) is 18.0. The number of Topliss-reactive ketones (excluding diaryl/α,β-unsaturated/α-hetero) is 1. The van der Waals surface area contributed by atoms with Gasteiger partial charge in [0, 0.05) is 12.8 Å². The first kappa shape index (κ1) is 19.2. The highest BCUT2D eigenvalue weighted by atomic mass is 16.6. The fraction of sp³-hybridized carbons (Fsp3) is 0.524. The van der Waals surface area contributed by atoms with Crippen LogP contribution in [-0.4, -0.2) is 23.2 Å². The average molecular weight is 343 g/mol. The minimum atomic E-state index is -0.0474. The Kier molecular flexibility index (Phi) is 6.40. The summed E-state index contributed by atoms with van der Waals surface area (Å²) in [6.07, 6.45) is 2.28. The molecule has 1 aromatic carbocycles. The van der Waals surface area contributed by atoms with Crippen molar-refractivity contribution < 1.29 is 14.7 Å². The lowest BCUT2D eigenvalue weighted by Crippen LogP contribution is -2.24. The Bertz CT molecular complexity index is 693. The summed E-state index contributed by atoms with van der Waals surface area (Å²) >= 11 is 0. The molecule has 1 unspecified atom stereocenters. The van der Waals surface area contributed by atoms with E-state index in [4.69, 9.17) is 4.84 Å². The fourth-order valence-electron chi connectivity index (χ4n) is 3.76. The fourth-order valence-corrected chi connectivity index (χ4v) is 3.76.